The molecule has 0 unspecified atom stereocenters. The molecule has 0 aliphatic heterocycles. The Labute approximate surface area is 99.2 Å². The van der Waals surface area contributed by atoms with Gasteiger partial charge in [-0.25, -0.2) is 0 Å². The zero-order chi connectivity index (χ0) is 13.5. The normalized spacial score (nSPS) is 21.8. The van der Waals surface area contributed by atoms with Crippen LogP contribution in [0.15, 0.2) is 0 Å². The molecule has 1 aliphatic carbocycles. The van der Waals surface area contributed by atoms with Gasteiger partial charge < -0.3 is 24.7 Å². The van der Waals surface area contributed by atoms with Crippen LogP contribution < -0.4 is 0 Å². The standard InChI is InChI=1S/C8H18O7P2/c1-7(4-2-3-5-7)6-8(9,16(10,11)12)17(13,14)15/h9H,2-6H2,1H3,(H2,10,11,12)(H2,13,14,15). The van der Waals surface area contributed by atoms with Crippen molar-refractivity contribution in [2.45, 2.75) is 44.1 Å². The molecule has 1 fully saturated rings. The number of rotatable bonds is 4. The second-order valence-corrected chi connectivity index (χ2v) is 9.07. The summed E-state index contributed by atoms with van der Waals surface area (Å²) in [6, 6.07) is 0. The maximum Gasteiger partial charge on any atom is 0.369 e. The van der Waals surface area contributed by atoms with E-state index in [0.717, 1.165) is 12.8 Å². The van der Waals surface area contributed by atoms with Crippen molar-refractivity contribution in [3.05, 3.63) is 0 Å². The van der Waals surface area contributed by atoms with Gasteiger partial charge in [0, 0.05) is 6.42 Å². The Hall–Kier alpha value is 0.260. The van der Waals surface area contributed by atoms with E-state index in [0.29, 0.717) is 12.8 Å². The molecule has 5 N–H and O–H groups in total. The molecular weight excluding hydrogens is 270 g/mol. The average Bonchev–Trinajstić information content (AvgIpc) is 2.47. The molecule has 0 saturated heterocycles. The first-order valence-corrected chi connectivity index (χ1v) is 8.47. The van der Waals surface area contributed by atoms with E-state index in [1.165, 1.54) is 0 Å². The molecule has 102 valence electrons. The Morgan fingerprint density at radius 3 is 1.71 bits per heavy atom. The lowest BCUT2D eigenvalue weighted by molar-refractivity contribution is 0.0815. The van der Waals surface area contributed by atoms with Crippen molar-refractivity contribution < 1.29 is 33.8 Å². The zero-order valence-electron chi connectivity index (χ0n) is 9.48. The molecule has 0 aromatic rings. The molecule has 9 heteroatoms. The fraction of sp³-hybridized carbons (Fsp3) is 1.00. The summed E-state index contributed by atoms with van der Waals surface area (Å²) in [6.07, 6.45) is 2.25. The molecule has 0 heterocycles. The van der Waals surface area contributed by atoms with Gasteiger partial charge in [-0.3, -0.25) is 9.13 Å². The molecule has 1 rings (SSSR count). The van der Waals surface area contributed by atoms with Gasteiger partial charge in [-0.05, 0) is 18.3 Å². The smallest absolute Gasteiger partial charge is 0.368 e. The Balaban J connectivity index is 3.10. The highest BCUT2D eigenvalue weighted by Gasteiger charge is 2.61. The average molecular weight is 288 g/mol. The first-order valence-electron chi connectivity index (χ1n) is 5.25. The number of aliphatic hydroxyl groups is 1. The van der Waals surface area contributed by atoms with Crippen LogP contribution in [0.2, 0.25) is 0 Å². The Morgan fingerprint density at radius 2 is 1.41 bits per heavy atom. The summed E-state index contributed by atoms with van der Waals surface area (Å²) >= 11 is 0. The van der Waals surface area contributed by atoms with E-state index in [2.05, 4.69) is 0 Å². The second-order valence-electron chi connectivity index (χ2n) is 5.06. The zero-order valence-corrected chi connectivity index (χ0v) is 11.3. The van der Waals surface area contributed by atoms with Crippen LogP contribution in [0, 0.1) is 5.41 Å². The van der Waals surface area contributed by atoms with Gasteiger partial charge in [0.15, 0.2) is 0 Å². The quantitative estimate of drug-likeness (QED) is 0.486. The Kier molecular flexibility index (Phi) is 3.99. The van der Waals surface area contributed by atoms with Crippen LogP contribution in [0.4, 0.5) is 0 Å². The molecule has 17 heavy (non-hydrogen) atoms. The van der Waals surface area contributed by atoms with E-state index in [-0.39, 0.29) is 0 Å². The molecule has 0 amide bonds. The summed E-state index contributed by atoms with van der Waals surface area (Å²) < 4.78 is 22.4. The maximum atomic E-state index is 11.2. The van der Waals surface area contributed by atoms with Crippen LogP contribution in [0.25, 0.3) is 0 Å². The molecule has 7 nitrogen and oxygen atoms in total. The Morgan fingerprint density at radius 1 is 1.06 bits per heavy atom. The highest BCUT2D eigenvalue weighted by Crippen LogP contribution is 2.71. The van der Waals surface area contributed by atoms with E-state index in [1.807, 2.05) is 0 Å². The second kappa shape index (κ2) is 4.42. The topological polar surface area (TPSA) is 135 Å². The molecule has 0 aromatic heterocycles. The van der Waals surface area contributed by atoms with E-state index < -0.39 is 32.1 Å². The minimum atomic E-state index is -5.31. The van der Waals surface area contributed by atoms with Crippen LogP contribution in [-0.2, 0) is 9.13 Å². The number of hydrogen-bond acceptors (Lipinski definition) is 3. The molecule has 0 aromatic carbocycles. The summed E-state index contributed by atoms with van der Waals surface area (Å²) in [4.78, 5) is 36.1. The molecule has 0 bridgehead atoms. The van der Waals surface area contributed by atoms with Crippen LogP contribution in [0.3, 0.4) is 0 Å². The van der Waals surface area contributed by atoms with Gasteiger partial charge in [-0.15, -0.1) is 0 Å². The van der Waals surface area contributed by atoms with E-state index >= 15 is 0 Å². The van der Waals surface area contributed by atoms with Crippen LogP contribution in [0.5, 0.6) is 0 Å². The molecule has 1 saturated carbocycles. The first kappa shape index (κ1) is 15.3. The van der Waals surface area contributed by atoms with Crippen molar-refractivity contribution in [2.24, 2.45) is 5.41 Å². The Bertz CT molecular complexity index is 353. The van der Waals surface area contributed by atoms with Crippen molar-refractivity contribution in [1.29, 1.82) is 0 Å². The van der Waals surface area contributed by atoms with Crippen molar-refractivity contribution in [1.82, 2.24) is 0 Å². The van der Waals surface area contributed by atoms with Gasteiger partial charge in [0.25, 0.3) is 5.08 Å². The monoisotopic (exact) mass is 288 g/mol. The van der Waals surface area contributed by atoms with Crippen molar-refractivity contribution >= 4 is 15.2 Å². The van der Waals surface area contributed by atoms with Gasteiger partial charge in [-0.1, -0.05) is 19.8 Å². The van der Waals surface area contributed by atoms with Crippen molar-refractivity contribution in [2.75, 3.05) is 0 Å². The summed E-state index contributed by atoms with van der Waals surface area (Å²) in [5.74, 6) is 0. The highest BCUT2D eigenvalue weighted by molar-refractivity contribution is 7.72. The van der Waals surface area contributed by atoms with Gasteiger partial charge >= 0.3 is 15.2 Å². The fourth-order valence-corrected chi connectivity index (χ4v) is 4.89. The number of hydrogen-bond donors (Lipinski definition) is 5. The summed E-state index contributed by atoms with van der Waals surface area (Å²) in [7, 11) is -10.6. The minimum absolute atomic E-state index is 0.589. The summed E-state index contributed by atoms with van der Waals surface area (Å²) in [5.41, 5.74) is -0.642. The van der Waals surface area contributed by atoms with Crippen LogP contribution in [0.1, 0.15) is 39.0 Å². The minimum Gasteiger partial charge on any atom is -0.368 e. The van der Waals surface area contributed by atoms with Gasteiger partial charge in [-0.2, -0.15) is 0 Å². The fourth-order valence-electron chi connectivity index (χ4n) is 2.35. The highest BCUT2D eigenvalue weighted by atomic mass is 31.2. The van der Waals surface area contributed by atoms with Crippen molar-refractivity contribution in [3.63, 3.8) is 0 Å². The first-order chi connectivity index (χ1) is 7.41. The lowest BCUT2D eigenvalue weighted by Gasteiger charge is -2.36. The largest absolute Gasteiger partial charge is 0.369 e. The molecular formula is C8H18O7P2. The maximum absolute atomic E-state index is 11.2. The SMILES string of the molecule is CC1(CC(O)(P(=O)(O)O)P(=O)(O)O)CCCC1. The summed E-state index contributed by atoms with van der Waals surface area (Å²) in [6.45, 7) is 1.68. The third-order valence-electron chi connectivity index (χ3n) is 3.41. The van der Waals surface area contributed by atoms with Gasteiger partial charge in [0.2, 0.25) is 0 Å². The predicted molar refractivity (Wildman–Crippen MR) is 60.2 cm³/mol. The predicted octanol–water partition coefficient (Wildman–Crippen LogP) is 0.958. The van der Waals surface area contributed by atoms with Crippen LogP contribution in [-0.4, -0.2) is 29.8 Å². The summed E-state index contributed by atoms with van der Waals surface area (Å²) in [5, 5.41) is 6.52. The molecule has 0 radical (unpaired) electrons. The molecule has 0 spiro atoms. The van der Waals surface area contributed by atoms with Gasteiger partial charge in [0.05, 0.1) is 0 Å². The van der Waals surface area contributed by atoms with E-state index in [1.54, 1.807) is 6.92 Å². The van der Waals surface area contributed by atoms with Crippen LogP contribution >= 0.6 is 15.2 Å². The van der Waals surface area contributed by atoms with Crippen molar-refractivity contribution in [3.8, 4) is 0 Å². The lowest BCUT2D eigenvalue weighted by atomic mass is 9.85. The van der Waals surface area contributed by atoms with E-state index in [9.17, 15) is 14.2 Å². The lowest BCUT2D eigenvalue weighted by Crippen LogP contribution is -2.34. The third-order valence-corrected chi connectivity index (χ3v) is 7.15. The van der Waals surface area contributed by atoms with E-state index in [4.69, 9.17) is 19.6 Å². The molecule has 1 aliphatic rings. The van der Waals surface area contributed by atoms with Gasteiger partial charge in [0.1, 0.15) is 0 Å². The molecule has 0 atom stereocenters. The third kappa shape index (κ3) is 2.99.